The topological polar surface area (TPSA) is 106 Å². The van der Waals surface area contributed by atoms with Crippen molar-refractivity contribution in [1.29, 1.82) is 0 Å². The molecule has 30 heavy (non-hydrogen) atoms. The number of carbonyl (C=O) groups excluding carboxylic acids is 1. The van der Waals surface area contributed by atoms with E-state index >= 15 is 0 Å². The highest BCUT2D eigenvalue weighted by molar-refractivity contribution is 7.89. The summed E-state index contributed by atoms with van der Waals surface area (Å²) >= 11 is 0. The smallest absolute Gasteiger partial charge is 0.257 e. The molecule has 1 amide bonds. The fourth-order valence-electron chi connectivity index (χ4n) is 3.02. The molecule has 0 bridgehead atoms. The summed E-state index contributed by atoms with van der Waals surface area (Å²) in [5.41, 5.74) is 1.87. The first-order valence-corrected chi connectivity index (χ1v) is 10.8. The number of methoxy groups -OCH3 is 1. The van der Waals surface area contributed by atoms with E-state index in [0.717, 1.165) is 9.69 Å². The van der Waals surface area contributed by atoms with Gasteiger partial charge in [0.15, 0.2) is 5.65 Å². The van der Waals surface area contributed by atoms with Crippen LogP contribution in [0.15, 0.2) is 35.4 Å². The van der Waals surface area contributed by atoms with E-state index in [0.29, 0.717) is 22.7 Å². The minimum absolute atomic E-state index is 0.0482. The fraction of sp³-hybridized carbons (Fsp3) is 0.350. The second-order valence-electron chi connectivity index (χ2n) is 7.32. The van der Waals surface area contributed by atoms with Crippen LogP contribution in [0.1, 0.15) is 35.9 Å². The van der Waals surface area contributed by atoms with Crippen molar-refractivity contribution in [2.45, 2.75) is 31.7 Å². The summed E-state index contributed by atoms with van der Waals surface area (Å²) in [6.45, 7) is 5.76. The Kier molecular flexibility index (Phi) is 5.82. The predicted octanol–water partition coefficient (Wildman–Crippen LogP) is 2.83. The first-order valence-electron chi connectivity index (χ1n) is 9.33. The molecular formula is C20H25N5O4S. The van der Waals surface area contributed by atoms with Crippen LogP contribution in [0.4, 0.5) is 5.69 Å². The van der Waals surface area contributed by atoms with Gasteiger partial charge in [-0.2, -0.15) is 5.10 Å². The molecule has 0 spiro atoms. The molecule has 0 unspecified atom stereocenters. The minimum atomic E-state index is -3.66. The lowest BCUT2D eigenvalue weighted by Gasteiger charge is -2.15. The number of aromatic nitrogens is 3. The molecule has 1 aromatic carbocycles. The molecule has 0 saturated heterocycles. The van der Waals surface area contributed by atoms with Crippen molar-refractivity contribution >= 4 is 32.7 Å². The van der Waals surface area contributed by atoms with Gasteiger partial charge in [-0.15, -0.1) is 0 Å². The highest BCUT2D eigenvalue weighted by atomic mass is 32.2. The van der Waals surface area contributed by atoms with Crippen LogP contribution in [0, 0.1) is 6.92 Å². The maximum absolute atomic E-state index is 13.0. The van der Waals surface area contributed by atoms with Crippen LogP contribution in [-0.4, -0.2) is 54.6 Å². The molecule has 0 saturated carbocycles. The Balaban J connectivity index is 2.00. The van der Waals surface area contributed by atoms with Crippen LogP contribution in [0.2, 0.25) is 0 Å². The molecule has 0 aliphatic heterocycles. The van der Waals surface area contributed by atoms with E-state index in [1.807, 2.05) is 13.8 Å². The van der Waals surface area contributed by atoms with Gasteiger partial charge in [-0.05, 0) is 45.0 Å². The first-order chi connectivity index (χ1) is 14.1. The Morgan fingerprint density at radius 3 is 2.53 bits per heavy atom. The second kappa shape index (κ2) is 8.04. The Bertz CT molecular complexity index is 1220. The average Bonchev–Trinajstić information content (AvgIpc) is 3.09. The minimum Gasteiger partial charge on any atom is -0.495 e. The molecule has 9 nitrogen and oxygen atoms in total. The predicted molar refractivity (Wildman–Crippen MR) is 114 cm³/mol. The third kappa shape index (κ3) is 3.88. The molecular weight excluding hydrogens is 406 g/mol. The molecule has 0 atom stereocenters. The van der Waals surface area contributed by atoms with Gasteiger partial charge in [0.25, 0.3) is 5.91 Å². The normalized spacial score (nSPS) is 12.0. The fourth-order valence-corrected chi connectivity index (χ4v) is 3.95. The molecule has 0 aliphatic carbocycles. The number of hydrogen-bond donors (Lipinski definition) is 1. The van der Waals surface area contributed by atoms with Crippen LogP contribution >= 0.6 is 0 Å². The lowest BCUT2D eigenvalue weighted by Crippen LogP contribution is -2.22. The highest BCUT2D eigenvalue weighted by Crippen LogP contribution is 2.29. The number of nitrogens with one attached hydrogen (secondary N) is 1. The van der Waals surface area contributed by atoms with E-state index in [9.17, 15) is 13.2 Å². The van der Waals surface area contributed by atoms with Crippen molar-refractivity contribution in [2.75, 3.05) is 26.5 Å². The van der Waals surface area contributed by atoms with Crippen molar-refractivity contribution < 1.29 is 17.9 Å². The van der Waals surface area contributed by atoms with Gasteiger partial charge in [0.2, 0.25) is 10.0 Å². The monoisotopic (exact) mass is 431 g/mol. The summed E-state index contributed by atoms with van der Waals surface area (Å²) in [5, 5.41) is 7.83. The van der Waals surface area contributed by atoms with E-state index in [4.69, 9.17) is 4.74 Å². The van der Waals surface area contributed by atoms with Crippen molar-refractivity contribution in [3.8, 4) is 5.75 Å². The molecule has 0 aliphatic rings. The lowest BCUT2D eigenvalue weighted by molar-refractivity contribution is 0.102. The molecule has 3 aromatic rings. The van der Waals surface area contributed by atoms with Crippen LogP contribution in [0.5, 0.6) is 5.75 Å². The van der Waals surface area contributed by atoms with Gasteiger partial charge >= 0.3 is 0 Å². The number of pyridine rings is 1. The van der Waals surface area contributed by atoms with Crippen LogP contribution in [0.3, 0.4) is 0 Å². The number of ether oxygens (including phenoxy) is 1. The number of rotatable bonds is 6. The lowest BCUT2D eigenvalue weighted by atomic mass is 10.1. The van der Waals surface area contributed by atoms with Gasteiger partial charge in [0, 0.05) is 25.5 Å². The van der Waals surface area contributed by atoms with Crippen LogP contribution in [-0.2, 0) is 10.0 Å². The summed E-state index contributed by atoms with van der Waals surface area (Å²) in [6, 6.07) is 6.19. The Morgan fingerprint density at radius 1 is 1.23 bits per heavy atom. The summed E-state index contributed by atoms with van der Waals surface area (Å²) < 4.78 is 33.1. The maximum atomic E-state index is 13.0. The maximum Gasteiger partial charge on any atom is 0.257 e. The molecule has 1 N–H and O–H groups in total. The van der Waals surface area contributed by atoms with Gasteiger partial charge in [0.05, 0.1) is 35.1 Å². The summed E-state index contributed by atoms with van der Waals surface area (Å²) in [4.78, 5) is 17.6. The van der Waals surface area contributed by atoms with E-state index in [-0.39, 0.29) is 16.6 Å². The first kappa shape index (κ1) is 21.7. The van der Waals surface area contributed by atoms with Crippen LogP contribution in [0.25, 0.3) is 11.0 Å². The van der Waals surface area contributed by atoms with Crippen molar-refractivity contribution in [3.63, 3.8) is 0 Å². The molecule has 160 valence electrons. The van der Waals surface area contributed by atoms with E-state index in [2.05, 4.69) is 15.4 Å². The third-order valence-electron chi connectivity index (χ3n) is 4.69. The molecule has 3 rings (SSSR count). The number of nitrogens with zero attached hydrogens (tertiary/aromatic N) is 4. The number of hydrogen-bond acceptors (Lipinski definition) is 6. The number of anilines is 1. The zero-order chi connectivity index (χ0) is 22.2. The standard InChI is InChI=1S/C20H25N5O4S/c1-12(2)25-19-14(11-21-25)9-16(13(3)22-19)20(26)23-17-10-15(7-8-18(17)29-6)30(27,28)24(4)5/h7-12H,1-6H3,(H,23,26). The van der Waals surface area contributed by atoms with Gasteiger partial charge in [0.1, 0.15) is 5.75 Å². The second-order valence-corrected chi connectivity index (χ2v) is 9.47. The Labute approximate surface area is 175 Å². The van der Waals surface area contributed by atoms with Gasteiger partial charge in [-0.1, -0.05) is 0 Å². The van der Waals surface area contributed by atoms with Crippen LogP contribution < -0.4 is 10.1 Å². The largest absolute Gasteiger partial charge is 0.495 e. The zero-order valence-corrected chi connectivity index (χ0v) is 18.6. The quantitative estimate of drug-likeness (QED) is 0.643. The Morgan fingerprint density at radius 2 is 1.93 bits per heavy atom. The zero-order valence-electron chi connectivity index (χ0n) is 17.8. The van der Waals surface area contributed by atoms with Gasteiger partial charge in [-0.25, -0.2) is 22.4 Å². The molecule has 0 radical (unpaired) electrons. The molecule has 2 heterocycles. The van der Waals surface area contributed by atoms with Crippen molar-refractivity contribution in [3.05, 3.63) is 41.7 Å². The summed E-state index contributed by atoms with van der Waals surface area (Å²) in [7, 11) is 0.672. The highest BCUT2D eigenvalue weighted by Gasteiger charge is 2.21. The SMILES string of the molecule is COc1ccc(S(=O)(=O)N(C)C)cc1NC(=O)c1cc2cnn(C(C)C)c2nc1C. The number of amides is 1. The number of sulfonamides is 1. The van der Waals surface area contributed by atoms with E-state index in [1.54, 1.807) is 23.9 Å². The average molecular weight is 432 g/mol. The number of benzene rings is 1. The van der Waals surface area contributed by atoms with Gasteiger partial charge in [-0.3, -0.25) is 4.79 Å². The number of aryl methyl sites for hydroxylation is 1. The number of fused-ring (bicyclic) bond motifs is 1. The van der Waals surface area contributed by atoms with E-state index < -0.39 is 15.9 Å². The van der Waals surface area contributed by atoms with Crippen molar-refractivity contribution in [2.24, 2.45) is 0 Å². The molecule has 0 fully saturated rings. The van der Waals surface area contributed by atoms with E-state index in [1.165, 1.54) is 39.4 Å². The molecule has 2 aromatic heterocycles. The number of carbonyl (C=O) groups is 1. The summed E-state index contributed by atoms with van der Waals surface area (Å²) in [6.07, 6.45) is 1.67. The molecule has 10 heteroatoms. The van der Waals surface area contributed by atoms with Gasteiger partial charge < -0.3 is 10.1 Å². The third-order valence-corrected chi connectivity index (χ3v) is 6.50. The summed E-state index contributed by atoms with van der Waals surface area (Å²) in [5.74, 6) is -0.0720. The Hall–Kier alpha value is -2.98. The van der Waals surface area contributed by atoms with Crippen molar-refractivity contribution in [1.82, 2.24) is 19.1 Å².